The Balaban J connectivity index is 2.09. The van der Waals surface area contributed by atoms with E-state index in [-0.39, 0.29) is 5.69 Å². The molecule has 3 heteroatoms. The van der Waals surface area contributed by atoms with Crippen LogP contribution < -0.4 is 5.69 Å². The van der Waals surface area contributed by atoms with Crippen LogP contribution in [0.25, 0.3) is 11.0 Å². The van der Waals surface area contributed by atoms with Gasteiger partial charge in [0.2, 0.25) is 0 Å². The van der Waals surface area contributed by atoms with E-state index in [2.05, 4.69) is 6.07 Å². The summed E-state index contributed by atoms with van der Waals surface area (Å²) < 4.78 is 3.86. The molecule has 1 fully saturated rings. The van der Waals surface area contributed by atoms with Crippen molar-refractivity contribution < 1.29 is 0 Å². The molecule has 0 amide bonds. The van der Waals surface area contributed by atoms with Gasteiger partial charge in [-0.1, -0.05) is 25.0 Å². The van der Waals surface area contributed by atoms with Crippen molar-refractivity contribution in [2.24, 2.45) is 5.92 Å². The highest BCUT2D eigenvalue weighted by Crippen LogP contribution is 2.27. The van der Waals surface area contributed by atoms with Gasteiger partial charge in [0.1, 0.15) is 0 Å². The molecule has 1 aliphatic carbocycles. The molecule has 2 aromatic rings. The fourth-order valence-corrected chi connectivity index (χ4v) is 3.21. The van der Waals surface area contributed by atoms with E-state index in [4.69, 9.17) is 0 Å². The summed E-state index contributed by atoms with van der Waals surface area (Å²) in [7, 11) is 0. The van der Waals surface area contributed by atoms with Crippen LogP contribution in [0, 0.1) is 5.92 Å². The summed E-state index contributed by atoms with van der Waals surface area (Å²) in [6.07, 6.45) is 5.20. The van der Waals surface area contributed by atoms with Crippen LogP contribution in [0.1, 0.15) is 32.6 Å². The fourth-order valence-electron chi connectivity index (χ4n) is 3.21. The molecule has 3 nitrogen and oxygen atoms in total. The van der Waals surface area contributed by atoms with Crippen LogP contribution in [0.5, 0.6) is 0 Å². The van der Waals surface area contributed by atoms with Gasteiger partial charge in [0.15, 0.2) is 0 Å². The Bertz CT molecular complexity index is 602. The minimum atomic E-state index is 0.158. The van der Waals surface area contributed by atoms with E-state index in [9.17, 15) is 4.79 Å². The largest absolute Gasteiger partial charge is 0.329 e. The van der Waals surface area contributed by atoms with Crippen molar-refractivity contribution in [2.75, 3.05) is 0 Å². The average Bonchev–Trinajstić information content (AvgIpc) is 2.98. The first-order chi connectivity index (χ1) is 8.81. The first-order valence-electron chi connectivity index (χ1n) is 6.99. The zero-order valence-electron chi connectivity index (χ0n) is 10.9. The maximum atomic E-state index is 12.4. The van der Waals surface area contributed by atoms with Crippen molar-refractivity contribution >= 4 is 11.0 Å². The topological polar surface area (TPSA) is 26.9 Å². The van der Waals surface area contributed by atoms with E-state index in [1.807, 2.05) is 34.3 Å². The molecule has 1 saturated carbocycles. The molecule has 0 bridgehead atoms. The van der Waals surface area contributed by atoms with E-state index in [0.717, 1.165) is 24.1 Å². The summed E-state index contributed by atoms with van der Waals surface area (Å²) in [5.41, 5.74) is 2.32. The number of para-hydroxylation sites is 2. The number of rotatable bonds is 3. The maximum Gasteiger partial charge on any atom is 0.329 e. The molecule has 3 rings (SSSR count). The summed E-state index contributed by atoms with van der Waals surface area (Å²) in [5.74, 6) is 0.693. The number of fused-ring (bicyclic) bond motifs is 1. The summed E-state index contributed by atoms with van der Waals surface area (Å²) >= 11 is 0. The third kappa shape index (κ3) is 1.78. The van der Waals surface area contributed by atoms with Gasteiger partial charge in [0.25, 0.3) is 0 Å². The second kappa shape index (κ2) is 4.63. The molecular formula is C15H20N2O. The second-order valence-corrected chi connectivity index (χ2v) is 5.28. The average molecular weight is 244 g/mol. The standard InChI is InChI=1S/C15H20N2O/c1-2-16-13-9-5-6-10-14(13)17(15(16)18)11-12-7-3-4-8-12/h5-6,9-10,12H,2-4,7-8,11H2,1H3. The molecule has 1 aromatic heterocycles. The Hall–Kier alpha value is -1.51. The zero-order valence-corrected chi connectivity index (χ0v) is 10.9. The predicted octanol–water partition coefficient (Wildman–Crippen LogP) is 3.01. The van der Waals surface area contributed by atoms with Crippen molar-refractivity contribution in [3.8, 4) is 0 Å². The quantitative estimate of drug-likeness (QED) is 0.815. The molecule has 1 aliphatic rings. The Morgan fingerprint density at radius 3 is 2.33 bits per heavy atom. The monoisotopic (exact) mass is 244 g/mol. The van der Waals surface area contributed by atoms with Crippen LogP contribution in [0.15, 0.2) is 29.1 Å². The molecule has 1 aromatic carbocycles. The normalized spacial score (nSPS) is 16.7. The van der Waals surface area contributed by atoms with Gasteiger partial charge in [-0.2, -0.15) is 0 Å². The Kier molecular flexibility index (Phi) is 2.98. The van der Waals surface area contributed by atoms with Crippen LogP contribution in [-0.4, -0.2) is 9.13 Å². The lowest BCUT2D eigenvalue weighted by Crippen LogP contribution is -2.25. The lowest BCUT2D eigenvalue weighted by Gasteiger charge is -2.09. The molecule has 0 aliphatic heterocycles. The third-order valence-electron chi connectivity index (χ3n) is 4.16. The van der Waals surface area contributed by atoms with Crippen LogP contribution >= 0.6 is 0 Å². The van der Waals surface area contributed by atoms with E-state index in [0.29, 0.717) is 5.92 Å². The predicted molar refractivity (Wildman–Crippen MR) is 73.8 cm³/mol. The molecule has 96 valence electrons. The lowest BCUT2D eigenvalue weighted by molar-refractivity contribution is 0.451. The Morgan fingerprint density at radius 2 is 1.72 bits per heavy atom. The summed E-state index contributed by atoms with van der Waals surface area (Å²) in [6, 6.07) is 8.14. The second-order valence-electron chi connectivity index (χ2n) is 5.28. The first kappa shape index (κ1) is 11.6. The Labute approximate surface area is 107 Å². The van der Waals surface area contributed by atoms with Gasteiger partial charge in [-0.05, 0) is 37.8 Å². The molecule has 0 atom stereocenters. The van der Waals surface area contributed by atoms with Gasteiger partial charge in [-0.25, -0.2) is 4.79 Å². The summed E-state index contributed by atoms with van der Waals surface area (Å²) in [6.45, 7) is 3.68. The highest BCUT2D eigenvalue weighted by molar-refractivity contribution is 5.75. The highest BCUT2D eigenvalue weighted by atomic mass is 16.1. The molecular weight excluding hydrogens is 224 g/mol. The van der Waals surface area contributed by atoms with Crippen LogP contribution in [0.2, 0.25) is 0 Å². The van der Waals surface area contributed by atoms with Gasteiger partial charge in [0.05, 0.1) is 11.0 Å². The van der Waals surface area contributed by atoms with Gasteiger partial charge in [-0.15, -0.1) is 0 Å². The molecule has 0 N–H and O–H groups in total. The molecule has 1 heterocycles. The lowest BCUT2D eigenvalue weighted by atomic mass is 10.1. The van der Waals surface area contributed by atoms with Gasteiger partial charge in [0, 0.05) is 13.1 Å². The van der Waals surface area contributed by atoms with Crippen molar-refractivity contribution in [1.29, 1.82) is 0 Å². The number of hydrogen-bond donors (Lipinski definition) is 0. The smallest absolute Gasteiger partial charge is 0.292 e. The maximum absolute atomic E-state index is 12.4. The fraction of sp³-hybridized carbons (Fsp3) is 0.533. The van der Waals surface area contributed by atoms with Crippen LogP contribution in [0.3, 0.4) is 0 Å². The van der Waals surface area contributed by atoms with E-state index in [1.165, 1.54) is 25.7 Å². The highest BCUT2D eigenvalue weighted by Gasteiger charge is 2.19. The van der Waals surface area contributed by atoms with Crippen molar-refractivity contribution in [1.82, 2.24) is 9.13 Å². The molecule has 0 spiro atoms. The zero-order chi connectivity index (χ0) is 12.5. The third-order valence-corrected chi connectivity index (χ3v) is 4.16. The van der Waals surface area contributed by atoms with Gasteiger partial charge in [-0.3, -0.25) is 9.13 Å². The van der Waals surface area contributed by atoms with E-state index in [1.54, 1.807) is 0 Å². The number of hydrogen-bond acceptors (Lipinski definition) is 1. The van der Waals surface area contributed by atoms with Crippen molar-refractivity contribution in [3.05, 3.63) is 34.7 Å². The number of nitrogens with zero attached hydrogens (tertiary/aromatic N) is 2. The molecule has 0 radical (unpaired) electrons. The summed E-state index contributed by atoms with van der Waals surface area (Å²) in [4.78, 5) is 12.4. The van der Waals surface area contributed by atoms with Gasteiger partial charge >= 0.3 is 5.69 Å². The molecule has 18 heavy (non-hydrogen) atoms. The number of aryl methyl sites for hydroxylation is 1. The molecule has 0 unspecified atom stereocenters. The van der Waals surface area contributed by atoms with Crippen LogP contribution in [-0.2, 0) is 13.1 Å². The number of benzene rings is 1. The SMILES string of the molecule is CCn1c(=O)n(CC2CCCC2)c2ccccc21. The minimum absolute atomic E-state index is 0.158. The molecule has 0 saturated heterocycles. The Morgan fingerprint density at radius 1 is 1.11 bits per heavy atom. The minimum Gasteiger partial charge on any atom is -0.292 e. The van der Waals surface area contributed by atoms with Crippen molar-refractivity contribution in [3.63, 3.8) is 0 Å². The van der Waals surface area contributed by atoms with Gasteiger partial charge < -0.3 is 0 Å². The van der Waals surface area contributed by atoms with Crippen molar-refractivity contribution in [2.45, 2.75) is 45.7 Å². The summed E-state index contributed by atoms with van der Waals surface area (Å²) in [5, 5.41) is 0. The van der Waals surface area contributed by atoms with E-state index >= 15 is 0 Å². The number of aromatic nitrogens is 2. The van der Waals surface area contributed by atoms with Crippen LogP contribution in [0.4, 0.5) is 0 Å². The number of imidazole rings is 1. The van der Waals surface area contributed by atoms with E-state index < -0.39 is 0 Å². The first-order valence-corrected chi connectivity index (χ1v) is 6.99.